The fourth-order valence-electron chi connectivity index (χ4n) is 2.21. The van der Waals surface area contributed by atoms with Crippen molar-refractivity contribution >= 4 is 11.7 Å². The normalized spacial score (nSPS) is 15.8. The van der Waals surface area contributed by atoms with Gasteiger partial charge in [-0.2, -0.15) is 5.10 Å². The number of carbonyl (C=O) groups excluding carboxylic acids is 1. The lowest BCUT2D eigenvalue weighted by Crippen LogP contribution is -2.22. The fraction of sp³-hybridized carbons (Fsp3) is 0.333. The van der Waals surface area contributed by atoms with Crippen LogP contribution in [0, 0.1) is 0 Å². The van der Waals surface area contributed by atoms with E-state index in [9.17, 15) is 4.79 Å². The van der Waals surface area contributed by atoms with Gasteiger partial charge in [0.15, 0.2) is 6.10 Å². The summed E-state index contributed by atoms with van der Waals surface area (Å²) in [6.45, 7) is 0. The minimum Gasteiger partial charge on any atom is -0.367 e. The number of nitrogens with zero attached hydrogens (tertiary/aromatic N) is 1. The van der Waals surface area contributed by atoms with E-state index in [2.05, 4.69) is 15.5 Å². The molecule has 20 heavy (non-hydrogen) atoms. The van der Waals surface area contributed by atoms with Crippen LogP contribution >= 0.6 is 0 Å². The summed E-state index contributed by atoms with van der Waals surface area (Å²) in [4.78, 5) is 12.3. The molecule has 1 saturated carbocycles. The van der Waals surface area contributed by atoms with Crippen molar-refractivity contribution in [2.75, 3.05) is 12.4 Å². The number of hydrogen-bond donors (Lipinski definition) is 2. The summed E-state index contributed by atoms with van der Waals surface area (Å²) in [7, 11) is 1.53. The van der Waals surface area contributed by atoms with Crippen LogP contribution in [0.5, 0.6) is 0 Å². The Bertz CT molecular complexity index is 590. The summed E-state index contributed by atoms with van der Waals surface area (Å²) < 4.78 is 5.29. The van der Waals surface area contributed by atoms with E-state index >= 15 is 0 Å². The summed E-state index contributed by atoms with van der Waals surface area (Å²) in [5.41, 5.74) is 1.85. The van der Waals surface area contributed by atoms with Crippen molar-refractivity contribution in [3.05, 3.63) is 47.7 Å². The number of hydrogen-bond acceptors (Lipinski definition) is 3. The maximum Gasteiger partial charge on any atom is 0.259 e. The molecule has 1 amide bonds. The SMILES string of the molecule is CO[C@@H](C(=O)Nc1cc(C2CC2)n[nH]1)c1ccccc1. The van der Waals surface area contributed by atoms with E-state index in [0.717, 1.165) is 11.3 Å². The van der Waals surface area contributed by atoms with Gasteiger partial charge in [-0.1, -0.05) is 30.3 Å². The molecular formula is C15H17N3O2. The zero-order valence-electron chi connectivity index (χ0n) is 11.3. The van der Waals surface area contributed by atoms with E-state index in [0.29, 0.717) is 11.7 Å². The second-order valence-corrected chi connectivity index (χ2v) is 5.00. The van der Waals surface area contributed by atoms with Crippen molar-refractivity contribution in [3.63, 3.8) is 0 Å². The monoisotopic (exact) mass is 271 g/mol. The van der Waals surface area contributed by atoms with Crippen molar-refractivity contribution in [3.8, 4) is 0 Å². The molecule has 0 radical (unpaired) electrons. The molecule has 2 N–H and O–H groups in total. The predicted octanol–water partition coefficient (Wildman–Crippen LogP) is 2.61. The molecule has 104 valence electrons. The second-order valence-electron chi connectivity index (χ2n) is 5.00. The largest absolute Gasteiger partial charge is 0.367 e. The molecule has 1 aliphatic rings. The van der Waals surface area contributed by atoms with E-state index in [1.807, 2.05) is 36.4 Å². The molecule has 1 fully saturated rings. The Labute approximate surface area is 117 Å². The number of aromatic amines is 1. The van der Waals surface area contributed by atoms with Crippen LogP contribution in [-0.4, -0.2) is 23.2 Å². The number of aromatic nitrogens is 2. The lowest BCUT2D eigenvalue weighted by Gasteiger charge is -2.14. The number of amides is 1. The maximum atomic E-state index is 12.3. The van der Waals surface area contributed by atoms with Gasteiger partial charge in [-0.05, 0) is 18.4 Å². The predicted molar refractivity (Wildman–Crippen MR) is 75.4 cm³/mol. The van der Waals surface area contributed by atoms with Crippen LogP contribution in [0.25, 0.3) is 0 Å². The molecule has 0 bridgehead atoms. The Morgan fingerprint density at radius 1 is 1.40 bits per heavy atom. The van der Waals surface area contributed by atoms with Crippen molar-refractivity contribution in [2.45, 2.75) is 24.9 Å². The maximum absolute atomic E-state index is 12.3. The van der Waals surface area contributed by atoms with Crippen LogP contribution in [0.2, 0.25) is 0 Å². The zero-order valence-corrected chi connectivity index (χ0v) is 11.3. The summed E-state index contributed by atoms with van der Waals surface area (Å²) in [5.74, 6) is 0.976. The first-order valence-corrected chi connectivity index (χ1v) is 6.72. The highest BCUT2D eigenvalue weighted by Gasteiger charge is 2.27. The van der Waals surface area contributed by atoms with Crippen molar-refractivity contribution in [2.24, 2.45) is 0 Å². The molecule has 3 rings (SSSR count). The number of carbonyl (C=O) groups is 1. The summed E-state index contributed by atoms with van der Waals surface area (Å²) in [5, 5.41) is 9.87. The first kappa shape index (κ1) is 12.9. The van der Waals surface area contributed by atoms with Crippen molar-refractivity contribution in [1.29, 1.82) is 0 Å². The van der Waals surface area contributed by atoms with Crippen molar-refractivity contribution < 1.29 is 9.53 Å². The number of methoxy groups -OCH3 is 1. The standard InChI is InChI=1S/C15H17N3O2/c1-20-14(11-5-3-2-4-6-11)15(19)16-13-9-12(17-18-13)10-7-8-10/h2-6,9-10,14H,7-8H2,1H3,(H2,16,17,18,19)/t14-/m1/s1. The van der Waals surface area contributed by atoms with Gasteiger partial charge in [0.1, 0.15) is 5.82 Å². The minimum absolute atomic E-state index is 0.204. The van der Waals surface area contributed by atoms with E-state index in [1.165, 1.54) is 20.0 Å². The Balaban J connectivity index is 1.70. The topological polar surface area (TPSA) is 67.0 Å². The quantitative estimate of drug-likeness (QED) is 0.878. The highest BCUT2D eigenvalue weighted by molar-refractivity contribution is 5.94. The fourth-order valence-corrected chi connectivity index (χ4v) is 2.21. The molecule has 1 atom stereocenters. The summed E-state index contributed by atoms with van der Waals surface area (Å²) in [6, 6.07) is 11.3. The third-order valence-corrected chi connectivity index (χ3v) is 3.43. The molecule has 1 aromatic carbocycles. The lowest BCUT2D eigenvalue weighted by atomic mass is 10.1. The Morgan fingerprint density at radius 2 is 2.15 bits per heavy atom. The molecule has 1 aromatic heterocycles. The number of rotatable bonds is 5. The number of ether oxygens (including phenoxy) is 1. The first-order valence-electron chi connectivity index (χ1n) is 6.72. The third kappa shape index (κ3) is 2.72. The molecule has 2 aromatic rings. The van der Waals surface area contributed by atoms with Crippen LogP contribution in [-0.2, 0) is 9.53 Å². The first-order chi connectivity index (χ1) is 9.78. The van der Waals surface area contributed by atoms with Crippen molar-refractivity contribution in [1.82, 2.24) is 10.2 Å². The van der Waals surface area contributed by atoms with Gasteiger partial charge in [-0.25, -0.2) is 0 Å². The van der Waals surface area contributed by atoms with Crippen LogP contribution in [0.4, 0.5) is 5.82 Å². The number of anilines is 1. The van der Waals surface area contributed by atoms with E-state index in [-0.39, 0.29) is 5.91 Å². The van der Waals surface area contributed by atoms with Gasteiger partial charge in [0.25, 0.3) is 5.91 Å². The third-order valence-electron chi connectivity index (χ3n) is 3.43. The number of benzene rings is 1. The highest BCUT2D eigenvalue weighted by Crippen LogP contribution is 2.39. The van der Waals surface area contributed by atoms with Gasteiger partial charge in [0, 0.05) is 19.1 Å². The molecule has 0 saturated heterocycles. The van der Waals surface area contributed by atoms with Gasteiger partial charge in [0.2, 0.25) is 0 Å². The number of H-pyrrole nitrogens is 1. The van der Waals surface area contributed by atoms with Crippen LogP contribution < -0.4 is 5.32 Å². The van der Waals surface area contributed by atoms with E-state index in [4.69, 9.17) is 4.74 Å². The Morgan fingerprint density at radius 3 is 2.80 bits per heavy atom. The molecular weight excluding hydrogens is 254 g/mol. The van der Waals surface area contributed by atoms with Gasteiger partial charge in [0.05, 0.1) is 5.69 Å². The van der Waals surface area contributed by atoms with E-state index < -0.39 is 6.10 Å². The van der Waals surface area contributed by atoms with Crippen LogP contribution in [0.3, 0.4) is 0 Å². The smallest absolute Gasteiger partial charge is 0.259 e. The molecule has 1 heterocycles. The van der Waals surface area contributed by atoms with Gasteiger partial charge < -0.3 is 10.1 Å². The summed E-state index contributed by atoms with van der Waals surface area (Å²) >= 11 is 0. The summed E-state index contributed by atoms with van der Waals surface area (Å²) in [6.07, 6.45) is 1.75. The van der Waals surface area contributed by atoms with Gasteiger partial charge in [-0.15, -0.1) is 0 Å². The average Bonchev–Trinajstić information content (AvgIpc) is 3.22. The highest BCUT2D eigenvalue weighted by atomic mass is 16.5. The second kappa shape index (κ2) is 5.46. The molecule has 0 unspecified atom stereocenters. The number of nitrogens with one attached hydrogen (secondary N) is 2. The Kier molecular flexibility index (Phi) is 3.52. The lowest BCUT2D eigenvalue weighted by molar-refractivity contribution is -0.126. The van der Waals surface area contributed by atoms with Gasteiger partial charge in [-0.3, -0.25) is 9.89 Å². The molecule has 5 heteroatoms. The average molecular weight is 271 g/mol. The van der Waals surface area contributed by atoms with Crippen LogP contribution in [0.1, 0.15) is 36.1 Å². The molecule has 1 aliphatic carbocycles. The van der Waals surface area contributed by atoms with Gasteiger partial charge >= 0.3 is 0 Å². The Hall–Kier alpha value is -2.14. The minimum atomic E-state index is -0.621. The zero-order chi connectivity index (χ0) is 13.9. The molecule has 5 nitrogen and oxygen atoms in total. The molecule has 0 spiro atoms. The van der Waals surface area contributed by atoms with Crippen LogP contribution in [0.15, 0.2) is 36.4 Å². The van der Waals surface area contributed by atoms with E-state index in [1.54, 1.807) is 0 Å². The molecule has 0 aliphatic heterocycles.